The molecule has 100 heavy (non-hydrogen) atoms. The number of benzene rings is 5. The van der Waals surface area contributed by atoms with Crippen LogP contribution >= 0.6 is 0 Å². The molecule has 0 radical (unpaired) electrons. The van der Waals surface area contributed by atoms with Crippen molar-refractivity contribution in [1.29, 1.82) is 0 Å². The van der Waals surface area contributed by atoms with Gasteiger partial charge in [-0.05, 0) is 143 Å². The normalized spacial score (nSPS) is 14.2. The fraction of sp³-hybridized carbons (Fsp3) is 0.384. The predicted octanol–water partition coefficient (Wildman–Crippen LogP) is 1.38. The lowest BCUT2D eigenvalue weighted by Crippen LogP contribution is -2.61. The molecule has 0 aliphatic rings. The second kappa shape index (κ2) is 38.2. The fourth-order valence-electron chi connectivity index (χ4n) is 12.4. The smallest absolute Gasteiger partial charge is 0.244 e. The Hall–Kier alpha value is -10.3. The second-order valence-electron chi connectivity index (χ2n) is 25.1. The summed E-state index contributed by atoms with van der Waals surface area (Å²) in [7, 11) is 0. The Morgan fingerprint density at radius 3 is 0.960 bits per heavy atom. The van der Waals surface area contributed by atoms with E-state index in [1.165, 1.54) is 0 Å². The zero-order chi connectivity index (χ0) is 71.5. The predicted molar refractivity (Wildman–Crippen MR) is 385 cm³/mol. The lowest BCUT2D eigenvalue weighted by Gasteiger charge is -2.32. The number of nitrogens with one attached hydrogen (secondary N) is 11. The Morgan fingerprint density at radius 1 is 0.320 bits per heavy atom. The second-order valence-corrected chi connectivity index (χ2v) is 25.1. The van der Waals surface area contributed by atoms with Gasteiger partial charge in [-0.25, -0.2) is 0 Å². The third kappa shape index (κ3) is 20.9. The van der Waals surface area contributed by atoms with Gasteiger partial charge >= 0.3 is 0 Å². The SMILES string of the molecule is NCCCC(N)C(=O)NC(CCCN)C(=O)N[C@@H](Cc1c[nH]c2ccccc12)C(=O)NC(C(=O)NC(CCCN)C(=O)NC(CCCN)C(=O)N[C@@H](Cc1c[nH]c2ccccc12)C(=O)N[C@@H](Cc1c[nH]c2ccccc12)C(=O)NC(CCCN)C(N)=O)C(c1ccccc1)c1ccccc1. The van der Waals surface area contributed by atoms with Crippen LogP contribution in [0.3, 0.4) is 0 Å². The van der Waals surface area contributed by atoms with E-state index in [0.29, 0.717) is 53.6 Å². The van der Waals surface area contributed by atoms with Crippen molar-refractivity contribution in [3.8, 4) is 0 Å². The summed E-state index contributed by atoms with van der Waals surface area (Å²) in [5.41, 5.74) is 47.0. The molecule has 8 aromatic rings. The average Bonchev–Trinajstić information content (AvgIpc) is 1.000. The highest BCUT2D eigenvalue weighted by molar-refractivity contribution is 6.00. The molecule has 6 unspecified atom stereocenters. The Kier molecular flexibility index (Phi) is 28.8. The van der Waals surface area contributed by atoms with Crippen LogP contribution in [-0.4, -0.2) is 155 Å². The zero-order valence-electron chi connectivity index (χ0n) is 56.2. The summed E-state index contributed by atoms with van der Waals surface area (Å²) in [5.74, 6) is -7.80. The number of nitrogens with two attached hydrogens (primary N) is 7. The van der Waals surface area contributed by atoms with Crippen molar-refractivity contribution in [1.82, 2.24) is 57.5 Å². The maximum absolute atomic E-state index is 15.8. The van der Waals surface area contributed by atoms with Crippen LogP contribution < -0.4 is 82.7 Å². The van der Waals surface area contributed by atoms with Gasteiger partial charge in [0.15, 0.2) is 0 Å². The summed E-state index contributed by atoms with van der Waals surface area (Å²) < 4.78 is 0. The molecule has 0 spiro atoms. The van der Waals surface area contributed by atoms with E-state index in [1.54, 1.807) is 79.3 Å². The Morgan fingerprint density at radius 2 is 0.600 bits per heavy atom. The quantitative estimate of drug-likeness (QED) is 0.0257. The van der Waals surface area contributed by atoms with E-state index in [9.17, 15) is 19.2 Å². The molecular formula is C73H96N18O9. The van der Waals surface area contributed by atoms with Crippen LogP contribution in [0.1, 0.15) is 97.9 Å². The highest BCUT2D eigenvalue weighted by Gasteiger charge is 2.39. The van der Waals surface area contributed by atoms with Gasteiger partial charge in [-0.2, -0.15) is 0 Å². The number of carbonyl (C=O) groups is 9. The molecule has 5 aromatic carbocycles. The van der Waals surface area contributed by atoms with Gasteiger partial charge in [0.25, 0.3) is 0 Å². The molecule has 532 valence electrons. The number of aromatic nitrogens is 3. The first kappa shape index (κ1) is 75.5. The summed E-state index contributed by atoms with van der Waals surface area (Å²) in [4.78, 5) is 142. The minimum absolute atomic E-state index is 0.0416. The van der Waals surface area contributed by atoms with Gasteiger partial charge in [0.1, 0.15) is 48.3 Å². The molecule has 25 N–H and O–H groups in total. The van der Waals surface area contributed by atoms with Crippen molar-refractivity contribution in [2.45, 2.75) is 144 Å². The summed E-state index contributed by atoms with van der Waals surface area (Å²) in [6.07, 6.45) is 6.83. The van der Waals surface area contributed by atoms with E-state index in [-0.39, 0.29) is 90.4 Å². The molecule has 0 saturated carbocycles. The fourth-order valence-corrected chi connectivity index (χ4v) is 12.4. The van der Waals surface area contributed by atoms with E-state index in [0.717, 1.165) is 32.7 Å². The lowest BCUT2D eigenvalue weighted by atomic mass is 9.84. The standard InChI is InChI=1S/C73H96N18O9/c74-33-13-25-52(79)66(93)85-57(30-15-35-76)68(95)89-62(40-48-43-83-55-28-12-9-24-51(48)55)72(99)91-64(63(44-18-3-1-4-19-44)45-20-5-2-6-21-45)73(100)87-59(32-17-37-78)67(94)86-58(31-16-36-77)69(96)88-61(39-47-42-82-54-27-11-8-23-50(47)54)71(98)90-60(70(97)84-56(65(80)92)29-14-34-75)38-46-41-81-53-26-10-7-22-49(46)53/h1-12,18-24,26-28,41-43,52,56-64,81-83H,13-17,25,29-40,74-79H2,(H2,80,92)(H,84,97)(H,85,93)(H,86,94)(H,87,100)(H,88,96)(H,89,95)(H,90,98)(H,91,99)/t52?,56?,57?,58?,59?,60-,61-,62-,64?/m0/s1. The Balaban J connectivity index is 1.12. The summed E-state index contributed by atoms with van der Waals surface area (Å²) in [6, 6.07) is 28.3. The van der Waals surface area contributed by atoms with E-state index in [4.69, 9.17) is 40.1 Å². The van der Waals surface area contributed by atoms with Crippen LogP contribution in [0.4, 0.5) is 0 Å². The van der Waals surface area contributed by atoms with E-state index >= 15 is 24.0 Å². The van der Waals surface area contributed by atoms with Crippen LogP contribution in [0.5, 0.6) is 0 Å². The largest absolute Gasteiger partial charge is 0.368 e. The van der Waals surface area contributed by atoms with Gasteiger partial charge in [0.2, 0.25) is 53.2 Å². The number of aromatic amines is 3. The molecule has 0 aliphatic carbocycles. The maximum Gasteiger partial charge on any atom is 0.244 e. The van der Waals surface area contributed by atoms with Gasteiger partial charge < -0.3 is 97.6 Å². The number of fused-ring (bicyclic) bond motifs is 3. The molecule has 9 atom stereocenters. The highest BCUT2D eigenvalue weighted by atomic mass is 16.2. The molecule has 0 saturated heterocycles. The molecule has 0 aliphatic heterocycles. The van der Waals surface area contributed by atoms with Crippen LogP contribution in [0, 0.1) is 0 Å². The Labute approximate surface area is 580 Å². The molecule has 27 heteroatoms. The molecule has 8 rings (SSSR count). The minimum atomic E-state index is -1.53. The van der Waals surface area contributed by atoms with Crippen LogP contribution in [-0.2, 0) is 62.4 Å². The summed E-state index contributed by atoms with van der Waals surface area (Å²) in [6.45, 7) is 0.870. The van der Waals surface area contributed by atoms with Crippen LogP contribution in [0.15, 0.2) is 152 Å². The first-order chi connectivity index (χ1) is 48.4. The van der Waals surface area contributed by atoms with Crippen molar-refractivity contribution in [3.63, 3.8) is 0 Å². The maximum atomic E-state index is 15.8. The van der Waals surface area contributed by atoms with Crippen molar-refractivity contribution in [2.24, 2.45) is 40.1 Å². The number of H-pyrrole nitrogens is 3. The third-order valence-electron chi connectivity index (χ3n) is 17.8. The number of carbonyl (C=O) groups excluding carboxylic acids is 9. The molecule has 0 fully saturated rings. The minimum Gasteiger partial charge on any atom is -0.368 e. The molecule has 0 bridgehead atoms. The molecular weight excluding hydrogens is 1270 g/mol. The van der Waals surface area contributed by atoms with Gasteiger partial charge in [0, 0.05) is 76.5 Å². The number of hydrogen-bond acceptors (Lipinski definition) is 15. The average molecular weight is 1370 g/mol. The topological polar surface area (TPSA) is 479 Å². The molecule has 27 nitrogen and oxygen atoms in total. The van der Waals surface area contributed by atoms with E-state index in [1.807, 2.05) is 72.8 Å². The number of hydrogen-bond donors (Lipinski definition) is 18. The monoisotopic (exact) mass is 1370 g/mol. The number of para-hydroxylation sites is 3. The number of rotatable bonds is 41. The van der Waals surface area contributed by atoms with E-state index < -0.39 is 113 Å². The number of primary amides is 1. The van der Waals surface area contributed by atoms with Crippen molar-refractivity contribution < 1.29 is 43.2 Å². The number of amides is 9. The molecule has 3 heterocycles. The first-order valence-electron chi connectivity index (χ1n) is 34.2. The van der Waals surface area contributed by atoms with Gasteiger partial charge in [-0.1, -0.05) is 115 Å². The van der Waals surface area contributed by atoms with Crippen molar-refractivity contribution in [2.75, 3.05) is 32.7 Å². The van der Waals surface area contributed by atoms with Gasteiger partial charge in [-0.15, -0.1) is 0 Å². The van der Waals surface area contributed by atoms with Gasteiger partial charge in [-0.3, -0.25) is 43.2 Å². The van der Waals surface area contributed by atoms with Crippen LogP contribution in [0.25, 0.3) is 32.7 Å². The molecule has 9 amide bonds. The highest BCUT2D eigenvalue weighted by Crippen LogP contribution is 2.30. The summed E-state index contributed by atoms with van der Waals surface area (Å²) in [5, 5.41) is 25.2. The first-order valence-corrected chi connectivity index (χ1v) is 34.2. The van der Waals surface area contributed by atoms with Crippen molar-refractivity contribution in [3.05, 3.63) is 180 Å². The third-order valence-corrected chi connectivity index (χ3v) is 17.8. The van der Waals surface area contributed by atoms with Crippen molar-refractivity contribution >= 4 is 85.9 Å². The van der Waals surface area contributed by atoms with Gasteiger partial charge in [0.05, 0.1) is 6.04 Å². The lowest BCUT2D eigenvalue weighted by molar-refractivity contribution is -0.136. The Bertz CT molecular complexity index is 3970. The zero-order valence-corrected chi connectivity index (χ0v) is 56.2. The van der Waals surface area contributed by atoms with E-state index in [2.05, 4.69) is 57.5 Å². The van der Waals surface area contributed by atoms with Crippen LogP contribution in [0.2, 0.25) is 0 Å². The summed E-state index contributed by atoms with van der Waals surface area (Å²) >= 11 is 0. The molecule has 3 aromatic heterocycles.